The van der Waals surface area contributed by atoms with E-state index in [2.05, 4.69) is 13.0 Å². The molecular weight excluding hydrogens is 259 g/mol. The van der Waals surface area contributed by atoms with E-state index >= 15 is 0 Å². The van der Waals surface area contributed by atoms with Crippen LogP contribution in [0, 0.1) is 19.7 Å². The highest BCUT2D eigenvalue weighted by Crippen LogP contribution is 2.32. The van der Waals surface area contributed by atoms with E-state index in [1.54, 1.807) is 19.1 Å². The molecule has 2 rings (SSSR count). The fourth-order valence-corrected chi connectivity index (χ4v) is 2.68. The second kappa shape index (κ2) is 5.76. The summed E-state index contributed by atoms with van der Waals surface area (Å²) in [6, 6.07) is 11.0. The van der Waals surface area contributed by atoms with Crippen molar-refractivity contribution in [2.75, 3.05) is 0 Å². The SMILES string of the molecule is Cc1ccc(Sc2ccc([C@H](C)O)cc2F)cc1C. The van der Waals surface area contributed by atoms with Crippen molar-refractivity contribution in [3.05, 3.63) is 58.9 Å². The quantitative estimate of drug-likeness (QED) is 0.880. The molecule has 1 N–H and O–H groups in total. The van der Waals surface area contributed by atoms with Crippen LogP contribution < -0.4 is 0 Å². The highest BCUT2D eigenvalue weighted by molar-refractivity contribution is 7.99. The maximum atomic E-state index is 13.9. The van der Waals surface area contributed by atoms with Gasteiger partial charge in [0.15, 0.2) is 0 Å². The number of aliphatic hydroxyl groups excluding tert-OH is 1. The first-order valence-electron chi connectivity index (χ1n) is 6.20. The zero-order valence-electron chi connectivity index (χ0n) is 11.3. The summed E-state index contributed by atoms with van der Waals surface area (Å²) in [5, 5.41) is 9.42. The lowest BCUT2D eigenvalue weighted by molar-refractivity contribution is 0.198. The number of hydrogen-bond acceptors (Lipinski definition) is 2. The van der Waals surface area contributed by atoms with Gasteiger partial charge in [0.1, 0.15) is 5.82 Å². The number of halogens is 1. The van der Waals surface area contributed by atoms with Crippen molar-refractivity contribution in [3.8, 4) is 0 Å². The van der Waals surface area contributed by atoms with Gasteiger partial charge in [-0.05, 0) is 61.7 Å². The molecule has 100 valence electrons. The Morgan fingerprint density at radius 3 is 2.37 bits per heavy atom. The molecule has 19 heavy (non-hydrogen) atoms. The molecule has 0 heterocycles. The Morgan fingerprint density at radius 1 is 1.05 bits per heavy atom. The average Bonchev–Trinajstić information content (AvgIpc) is 2.36. The molecule has 0 saturated heterocycles. The summed E-state index contributed by atoms with van der Waals surface area (Å²) < 4.78 is 13.9. The number of rotatable bonds is 3. The standard InChI is InChI=1S/C16H17FOS/c1-10-4-6-14(8-11(10)2)19-16-7-5-13(12(3)18)9-15(16)17/h4-9,12,18H,1-3H3/t12-/m0/s1. The molecule has 0 amide bonds. The summed E-state index contributed by atoms with van der Waals surface area (Å²) in [5.74, 6) is -0.290. The molecule has 0 spiro atoms. The monoisotopic (exact) mass is 276 g/mol. The summed E-state index contributed by atoms with van der Waals surface area (Å²) in [6.07, 6.45) is -0.643. The van der Waals surface area contributed by atoms with E-state index in [-0.39, 0.29) is 5.82 Å². The minimum Gasteiger partial charge on any atom is -0.389 e. The van der Waals surface area contributed by atoms with Gasteiger partial charge in [-0.1, -0.05) is 23.9 Å². The summed E-state index contributed by atoms with van der Waals surface area (Å²) in [4.78, 5) is 1.60. The van der Waals surface area contributed by atoms with Gasteiger partial charge in [-0.15, -0.1) is 0 Å². The Hall–Kier alpha value is -1.32. The zero-order chi connectivity index (χ0) is 14.0. The lowest BCUT2D eigenvalue weighted by Gasteiger charge is -2.09. The van der Waals surface area contributed by atoms with E-state index in [1.165, 1.54) is 29.0 Å². The fourth-order valence-electron chi connectivity index (χ4n) is 1.76. The Labute approximate surface area is 117 Å². The van der Waals surface area contributed by atoms with Crippen LogP contribution in [0.3, 0.4) is 0 Å². The minimum atomic E-state index is -0.643. The van der Waals surface area contributed by atoms with Crippen LogP contribution in [0.25, 0.3) is 0 Å². The molecule has 0 aliphatic heterocycles. The average molecular weight is 276 g/mol. The smallest absolute Gasteiger partial charge is 0.137 e. The summed E-state index contributed by atoms with van der Waals surface area (Å²) in [6.45, 7) is 5.74. The first-order valence-corrected chi connectivity index (χ1v) is 7.01. The molecule has 0 unspecified atom stereocenters. The fraction of sp³-hybridized carbons (Fsp3) is 0.250. The lowest BCUT2D eigenvalue weighted by atomic mass is 10.1. The van der Waals surface area contributed by atoms with Crippen molar-refractivity contribution in [2.45, 2.75) is 36.7 Å². The second-order valence-electron chi connectivity index (χ2n) is 4.71. The maximum Gasteiger partial charge on any atom is 0.137 e. The van der Waals surface area contributed by atoms with Gasteiger partial charge < -0.3 is 5.11 Å². The highest BCUT2D eigenvalue weighted by Gasteiger charge is 2.08. The van der Waals surface area contributed by atoms with E-state index in [4.69, 9.17) is 0 Å². The van der Waals surface area contributed by atoms with Crippen LogP contribution in [0.2, 0.25) is 0 Å². The predicted molar refractivity (Wildman–Crippen MR) is 77.1 cm³/mol. The van der Waals surface area contributed by atoms with E-state index < -0.39 is 6.10 Å². The molecule has 2 aromatic carbocycles. The Kier molecular flexibility index (Phi) is 4.27. The summed E-state index contributed by atoms with van der Waals surface area (Å²) >= 11 is 1.40. The number of aliphatic hydroxyl groups is 1. The lowest BCUT2D eigenvalue weighted by Crippen LogP contribution is -1.93. The maximum absolute atomic E-state index is 13.9. The first kappa shape index (κ1) is 14.1. The van der Waals surface area contributed by atoms with Crippen molar-refractivity contribution >= 4 is 11.8 Å². The number of hydrogen-bond donors (Lipinski definition) is 1. The molecule has 0 bridgehead atoms. The van der Waals surface area contributed by atoms with Crippen molar-refractivity contribution in [1.29, 1.82) is 0 Å². The molecule has 0 radical (unpaired) electrons. The van der Waals surface area contributed by atoms with Gasteiger partial charge in [-0.25, -0.2) is 4.39 Å². The van der Waals surface area contributed by atoms with Gasteiger partial charge >= 0.3 is 0 Å². The molecule has 0 saturated carbocycles. The Bertz CT molecular complexity index is 593. The first-order chi connectivity index (χ1) is 8.97. The minimum absolute atomic E-state index is 0.290. The van der Waals surface area contributed by atoms with Gasteiger partial charge in [0.2, 0.25) is 0 Å². The molecule has 0 aliphatic rings. The van der Waals surface area contributed by atoms with Crippen molar-refractivity contribution in [1.82, 2.24) is 0 Å². The van der Waals surface area contributed by atoms with Gasteiger partial charge in [0.25, 0.3) is 0 Å². The molecule has 0 aromatic heterocycles. The third-order valence-corrected chi connectivity index (χ3v) is 4.19. The van der Waals surface area contributed by atoms with Crippen LogP contribution in [-0.4, -0.2) is 5.11 Å². The molecule has 0 fully saturated rings. The Morgan fingerprint density at radius 2 is 1.79 bits per heavy atom. The second-order valence-corrected chi connectivity index (χ2v) is 5.83. The van der Waals surface area contributed by atoms with Crippen molar-refractivity contribution in [2.24, 2.45) is 0 Å². The topological polar surface area (TPSA) is 20.2 Å². The van der Waals surface area contributed by atoms with Crippen LogP contribution in [-0.2, 0) is 0 Å². The van der Waals surface area contributed by atoms with Crippen LogP contribution in [0.4, 0.5) is 4.39 Å². The van der Waals surface area contributed by atoms with Crippen LogP contribution in [0.5, 0.6) is 0 Å². The highest BCUT2D eigenvalue weighted by atomic mass is 32.2. The van der Waals surface area contributed by atoms with E-state index in [0.29, 0.717) is 10.5 Å². The molecular formula is C16H17FOS. The third kappa shape index (κ3) is 3.37. The molecule has 0 aliphatic carbocycles. The number of benzene rings is 2. The molecule has 1 nitrogen and oxygen atoms in total. The van der Waals surface area contributed by atoms with E-state index in [9.17, 15) is 9.50 Å². The number of aryl methyl sites for hydroxylation is 2. The van der Waals surface area contributed by atoms with Crippen LogP contribution in [0.15, 0.2) is 46.2 Å². The van der Waals surface area contributed by atoms with E-state index in [0.717, 1.165) is 4.90 Å². The molecule has 3 heteroatoms. The van der Waals surface area contributed by atoms with Gasteiger partial charge in [-0.2, -0.15) is 0 Å². The summed E-state index contributed by atoms with van der Waals surface area (Å²) in [5.41, 5.74) is 3.03. The van der Waals surface area contributed by atoms with Crippen molar-refractivity contribution < 1.29 is 9.50 Å². The Balaban J connectivity index is 2.25. The van der Waals surface area contributed by atoms with Crippen molar-refractivity contribution in [3.63, 3.8) is 0 Å². The third-order valence-electron chi connectivity index (χ3n) is 3.14. The van der Waals surface area contributed by atoms with Gasteiger partial charge in [-0.3, -0.25) is 0 Å². The van der Waals surface area contributed by atoms with Gasteiger partial charge in [0.05, 0.1) is 6.10 Å². The van der Waals surface area contributed by atoms with Crippen LogP contribution >= 0.6 is 11.8 Å². The largest absolute Gasteiger partial charge is 0.389 e. The molecule has 2 aromatic rings. The summed E-state index contributed by atoms with van der Waals surface area (Å²) in [7, 11) is 0. The van der Waals surface area contributed by atoms with Crippen LogP contribution in [0.1, 0.15) is 29.7 Å². The zero-order valence-corrected chi connectivity index (χ0v) is 12.1. The van der Waals surface area contributed by atoms with E-state index in [1.807, 2.05) is 19.1 Å². The predicted octanol–water partition coefficient (Wildman–Crippen LogP) is 4.65. The van der Waals surface area contributed by atoms with Gasteiger partial charge in [0, 0.05) is 9.79 Å². The normalized spacial score (nSPS) is 12.5. The molecule has 1 atom stereocenters.